The van der Waals surface area contributed by atoms with Gasteiger partial charge in [-0.15, -0.1) is 11.3 Å². The number of unbranched alkanes of at least 4 members (excludes halogenated alkanes) is 5. The van der Waals surface area contributed by atoms with Crippen molar-refractivity contribution in [1.82, 2.24) is 4.98 Å². The molecule has 2 aromatic carbocycles. The molecule has 202 valence electrons. The van der Waals surface area contributed by atoms with Crippen LogP contribution in [-0.4, -0.2) is 11.6 Å². The van der Waals surface area contributed by atoms with Gasteiger partial charge in [-0.1, -0.05) is 103 Å². The summed E-state index contributed by atoms with van der Waals surface area (Å²) >= 11 is 7.80. The van der Waals surface area contributed by atoms with Gasteiger partial charge >= 0.3 is 0 Å². The summed E-state index contributed by atoms with van der Waals surface area (Å²) in [5.41, 5.74) is 4.84. The maximum Gasteiger partial charge on any atom is 0.183 e. The van der Waals surface area contributed by atoms with E-state index in [9.17, 15) is 0 Å². The summed E-state index contributed by atoms with van der Waals surface area (Å²) in [6, 6.07) is 14.6. The molecule has 3 aromatic rings. The Bertz CT molecular complexity index is 1120. The first-order valence-electron chi connectivity index (χ1n) is 13.8. The van der Waals surface area contributed by atoms with Gasteiger partial charge < -0.3 is 10.1 Å². The minimum Gasteiger partial charge on any atom is -0.493 e. The van der Waals surface area contributed by atoms with E-state index in [0.29, 0.717) is 6.54 Å². The minimum absolute atomic E-state index is 0.0751. The normalized spacial score (nSPS) is 12.1. The van der Waals surface area contributed by atoms with Crippen LogP contribution in [0, 0.1) is 5.41 Å². The smallest absolute Gasteiger partial charge is 0.183 e. The van der Waals surface area contributed by atoms with Gasteiger partial charge in [0.2, 0.25) is 0 Å². The van der Waals surface area contributed by atoms with Crippen LogP contribution in [0.1, 0.15) is 97.6 Å². The fourth-order valence-corrected chi connectivity index (χ4v) is 5.99. The Kier molecular flexibility index (Phi) is 10.9. The number of halogens is 1. The molecular weight excluding hydrogens is 496 g/mol. The second-order valence-corrected chi connectivity index (χ2v) is 13.3. The van der Waals surface area contributed by atoms with Gasteiger partial charge in [0.15, 0.2) is 5.13 Å². The standard InChI is InChI=1S/C32H45ClN2OS/c1-7-8-9-10-11-12-18-36-29-17-16-26(32(5,6)23-31(2,3)4)19-25(29)21-34-30-35-28(22-37-30)24-14-13-15-27(33)20-24/h13-17,19-20,22H,7-12,18,21,23H2,1-6H3,(H,34,35). The molecular formula is C32H45ClN2OS. The average Bonchev–Trinajstić information content (AvgIpc) is 3.30. The van der Waals surface area contributed by atoms with E-state index in [2.05, 4.69) is 70.4 Å². The molecule has 1 aromatic heterocycles. The molecule has 0 atom stereocenters. The SMILES string of the molecule is CCCCCCCCOc1ccc(C(C)(C)CC(C)(C)C)cc1CNc1nc(-c2cccc(Cl)c2)cs1. The van der Waals surface area contributed by atoms with Gasteiger partial charge in [-0.2, -0.15) is 0 Å². The zero-order valence-electron chi connectivity index (χ0n) is 23.6. The molecule has 0 aliphatic carbocycles. The van der Waals surface area contributed by atoms with Crippen molar-refractivity contribution in [3.63, 3.8) is 0 Å². The third kappa shape index (κ3) is 9.65. The van der Waals surface area contributed by atoms with E-state index >= 15 is 0 Å². The molecule has 0 fully saturated rings. The number of aromatic nitrogens is 1. The number of hydrogen-bond acceptors (Lipinski definition) is 4. The van der Waals surface area contributed by atoms with Gasteiger partial charge in [0.1, 0.15) is 5.75 Å². The van der Waals surface area contributed by atoms with Crippen molar-refractivity contribution in [3.8, 4) is 17.0 Å². The topological polar surface area (TPSA) is 34.1 Å². The van der Waals surface area contributed by atoms with Gasteiger partial charge in [-0.3, -0.25) is 0 Å². The van der Waals surface area contributed by atoms with Crippen molar-refractivity contribution in [1.29, 1.82) is 0 Å². The number of nitrogens with one attached hydrogen (secondary N) is 1. The average molecular weight is 541 g/mol. The van der Waals surface area contributed by atoms with Crippen LogP contribution in [0.3, 0.4) is 0 Å². The van der Waals surface area contributed by atoms with E-state index in [1.807, 2.05) is 24.3 Å². The Balaban J connectivity index is 1.72. The van der Waals surface area contributed by atoms with Gasteiger partial charge in [0, 0.05) is 28.1 Å². The highest BCUT2D eigenvalue weighted by Crippen LogP contribution is 2.38. The first-order chi connectivity index (χ1) is 17.6. The van der Waals surface area contributed by atoms with Crippen LogP contribution in [0.4, 0.5) is 5.13 Å². The van der Waals surface area contributed by atoms with Crippen LogP contribution in [-0.2, 0) is 12.0 Å². The highest BCUT2D eigenvalue weighted by Gasteiger charge is 2.28. The summed E-state index contributed by atoms with van der Waals surface area (Å²) in [7, 11) is 0. The third-order valence-corrected chi connectivity index (χ3v) is 7.66. The second kappa shape index (κ2) is 13.7. The van der Waals surface area contributed by atoms with E-state index in [-0.39, 0.29) is 10.8 Å². The number of rotatable bonds is 14. The maximum atomic E-state index is 6.32. The number of hydrogen-bond donors (Lipinski definition) is 1. The van der Waals surface area contributed by atoms with Crippen molar-refractivity contribution in [2.24, 2.45) is 5.41 Å². The molecule has 0 bridgehead atoms. The molecule has 1 heterocycles. The predicted octanol–water partition coefficient (Wildman–Crippen LogP) is 10.5. The molecule has 0 aliphatic rings. The molecule has 0 amide bonds. The van der Waals surface area contributed by atoms with Crippen LogP contribution in [0.2, 0.25) is 5.02 Å². The number of ether oxygens (including phenoxy) is 1. The maximum absolute atomic E-state index is 6.32. The number of thiazole rings is 1. The monoisotopic (exact) mass is 540 g/mol. The second-order valence-electron chi connectivity index (χ2n) is 12.0. The van der Waals surface area contributed by atoms with E-state index in [1.54, 1.807) is 11.3 Å². The molecule has 0 unspecified atom stereocenters. The van der Waals surface area contributed by atoms with Crippen LogP contribution in [0.15, 0.2) is 47.8 Å². The fraction of sp³-hybridized carbons (Fsp3) is 0.531. The van der Waals surface area contributed by atoms with Crippen molar-refractivity contribution < 1.29 is 4.74 Å². The Morgan fingerprint density at radius 2 is 1.70 bits per heavy atom. The van der Waals surface area contributed by atoms with Gasteiger partial charge in [0.25, 0.3) is 0 Å². The van der Waals surface area contributed by atoms with Crippen LogP contribution in [0.25, 0.3) is 11.3 Å². The van der Waals surface area contributed by atoms with Crippen LogP contribution < -0.4 is 10.1 Å². The molecule has 3 nitrogen and oxygen atoms in total. The van der Waals surface area contributed by atoms with Crippen molar-refractivity contribution in [2.45, 2.75) is 98.4 Å². The summed E-state index contributed by atoms with van der Waals surface area (Å²) in [4.78, 5) is 4.80. The fourth-order valence-electron chi connectivity index (χ4n) is 5.08. The van der Waals surface area contributed by atoms with Crippen molar-refractivity contribution in [3.05, 3.63) is 64.0 Å². The Morgan fingerprint density at radius 3 is 2.43 bits per heavy atom. The quantitative estimate of drug-likeness (QED) is 0.206. The zero-order valence-corrected chi connectivity index (χ0v) is 25.2. The van der Waals surface area contributed by atoms with E-state index in [1.165, 1.54) is 43.2 Å². The van der Waals surface area contributed by atoms with Gasteiger partial charge in [-0.25, -0.2) is 4.98 Å². The summed E-state index contributed by atoms with van der Waals surface area (Å²) in [5, 5.41) is 7.25. The molecule has 1 N–H and O–H groups in total. The molecule has 37 heavy (non-hydrogen) atoms. The summed E-state index contributed by atoms with van der Waals surface area (Å²) in [6.45, 7) is 15.3. The third-order valence-electron chi connectivity index (χ3n) is 6.62. The van der Waals surface area contributed by atoms with Gasteiger partial charge in [-0.05, 0) is 53.5 Å². The molecule has 0 spiro atoms. The molecule has 0 aliphatic heterocycles. The summed E-state index contributed by atoms with van der Waals surface area (Å²) < 4.78 is 6.32. The van der Waals surface area contributed by atoms with Crippen molar-refractivity contribution in [2.75, 3.05) is 11.9 Å². The van der Waals surface area contributed by atoms with Gasteiger partial charge in [0.05, 0.1) is 12.3 Å². The largest absolute Gasteiger partial charge is 0.493 e. The van der Waals surface area contributed by atoms with Crippen LogP contribution >= 0.6 is 22.9 Å². The molecule has 3 rings (SSSR count). The Hall–Kier alpha value is -2.04. The van der Waals surface area contributed by atoms with E-state index < -0.39 is 0 Å². The number of nitrogens with zero attached hydrogens (tertiary/aromatic N) is 1. The highest BCUT2D eigenvalue weighted by atomic mass is 35.5. The minimum atomic E-state index is 0.0751. The lowest BCUT2D eigenvalue weighted by Gasteiger charge is -2.33. The zero-order chi connectivity index (χ0) is 26.9. The highest BCUT2D eigenvalue weighted by molar-refractivity contribution is 7.14. The number of anilines is 1. The lowest BCUT2D eigenvalue weighted by atomic mass is 9.72. The van der Waals surface area contributed by atoms with E-state index in [0.717, 1.165) is 46.6 Å². The predicted molar refractivity (Wildman–Crippen MR) is 162 cm³/mol. The number of benzene rings is 2. The van der Waals surface area contributed by atoms with Crippen molar-refractivity contribution >= 4 is 28.1 Å². The first-order valence-corrected chi connectivity index (χ1v) is 15.0. The lowest BCUT2D eigenvalue weighted by Crippen LogP contribution is -2.25. The molecule has 0 saturated heterocycles. The molecule has 0 saturated carbocycles. The van der Waals surface area contributed by atoms with E-state index in [4.69, 9.17) is 21.3 Å². The Morgan fingerprint density at radius 1 is 0.946 bits per heavy atom. The first kappa shape index (κ1) is 29.5. The molecule has 5 heteroatoms. The Labute approximate surface area is 234 Å². The molecule has 0 radical (unpaired) electrons. The lowest BCUT2D eigenvalue weighted by molar-refractivity contribution is 0.282. The van der Waals surface area contributed by atoms with Crippen LogP contribution in [0.5, 0.6) is 5.75 Å². The summed E-state index contributed by atoms with van der Waals surface area (Å²) in [6.07, 6.45) is 8.68. The summed E-state index contributed by atoms with van der Waals surface area (Å²) in [5.74, 6) is 0.975.